The van der Waals surface area contributed by atoms with Gasteiger partial charge < -0.3 is 15.0 Å². The summed E-state index contributed by atoms with van der Waals surface area (Å²) in [5.41, 5.74) is 0.248. The maximum Gasteiger partial charge on any atom is 0.268 e. The fourth-order valence-corrected chi connectivity index (χ4v) is 1.62. The molecule has 0 saturated carbocycles. The van der Waals surface area contributed by atoms with Crippen LogP contribution in [0.4, 0.5) is 4.39 Å². The average molecular weight is 212 g/mol. The molecule has 0 aliphatic carbocycles. The highest BCUT2D eigenvalue weighted by atomic mass is 19.1. The molecule has 0 aromatic carbocycles. The zero-order chi connectivity index (χ0) is 10.7. The van der Waals surface area contributed by atoms with Crippen molar-refractivity contribution in [2.75, 3.05) is 13.2 Å². The van der Waals surface area contributed by atoms with E-state index < -0.39 is 5.82 Å². The largest absolute Gasteiger partial charge is 0.379 e. The summed E-state index contributed by atoms with van der Waals surface area (Å²) in [6.45, 7) is 1.29. The number of rotatable bonds is 2. The summed E-state index contributed by atoms with van der Waals surface area (Å²) < 4.78 is 17.9. The summed E-state index contributed by atoms with van der Waals surface area (Å²) >= 11 is 0. The van der Waals surface area contributed by atoms with Crippen molar-refractivity contribution in [3.05, 3.63) is 23.8 Å². The van der Waals surface area contributed by atoms with E-state index in [9.17, 15) is 9.18 Å². The molecule has 1 aromatic rings. The fraction of sp³-hybridized carbons (Fsp3) is 0.500. The number of hydrogen-bond donors (Lipinski definition) is 2. The molecule has 0 bridgehead atoms. The summed E-state index contributed by atoms with van der Waals surface area (Å²) in [7, 11) is 0. The van der Waals surface area contributed by atoms with Gasteiger partial charge in [0.15, 0.2) is 0 Å². The van der Waals surface area contributed by atoms with E-state index in [1.807, 2.05) is 0 Å². The molecule has 1 fully saturated rings. The van der Waals surface area contributed by atoms with Crippen LogP contribution in [0.5, 0.6) is 0 Å². The van der Waals surface area contributed by atoms with Crippen LogP contribution in [0.15, 0.2) is 12.3 Å². The van der Waals surface area contributed by atoms with Crippen LogP contribution >= 0.6 is 0 Å². The van der Waals surface area contributed by atoms with Gasteiger partial charge in [0, 0.05) is 18.9 Å². The first-order chi connectivity index (χ1) is 7.25. The molecule has 5 heteroatoms. The van der Waals surface area contributed by atoms with Crippen molar-refractivity contribution in [2.24, 2.45) is 0 Å². The van der Waals surface area contributed by atoms with Crippen LogP contribution < -0.4 is 5.32 Å². The summed E-state index contributed by atoms with van der Waals surface area (Å²) in [5.74, 6) is -0.713. The van der Waals surface area contributed by atoms with E-state index in [1.165, 1.54) is 6.07 Å². The second-order valence-corrected chi connectivity index (χ2v) is 3.62. The second kappa shape index (κ2) is 4.44. The number of H-pyrrole nitrogens is 1. The van der Waals surface area contributed by atoms with Gasteiger partial charge in [0.25, 0.3) is 5.91 Å². The number of aromatic nitrogens is 1. The van der Waals surface area contributed by atoms with Gasteiger partial charge in [-0.2, -0.15) is 0 Å². The Labute approximate surface area is 86.8 Å². The molecule has 2 rings (SSSR count). The van der Waals surface area contributed by atoms with Gasteiger partial charge >= 0.3 is 0 Å². The van der Waals surface area contributed by atoms with Crippen LogP contribution in [0, 0.1) is 5.82 Å². The SMILES string of the molecule is O=C(N[C@@H]1CCCOC1)c1cc(F)c[nH]1. The van der Waals surface area contributed by atoms with Crippen LogP contribution in [0.25, 0.3) is 0 Å². The molecule has 82 valence electrons. The molecular weight excluding hydrogens is 199 g/mol. The molecule has 0 spiro atoms. The first-order valence-corrected chi connectivity index (χ1v) is 4.98. The van der Waals surface area contributed by atoms with Gasteiger partial charge in [-0.3, -0.25) is 4.79 Å². The quantitative estimate of drug-likeness (QED) is 0.770. The monoisotopic (exact) mass is 212 g/mol. The lowest BCUT2D eigenvalue weighted by molar-refractivity contribution is 0.0622. The minimum atomic E-state index is -0.431. The van der Waals surface area contributed by atoms with E-state index in [0.29, 0.717) is 6.61 Å². The van der Waals surface area contributed by atoms with E-state index in [0.717, 1.165) is 25.6 Å². The lowest BCUT2D eigenvalue weighted by Crippen LogP contribution is -2.40. The van der Waals surface area contributed by atoms with Crippen molar-refractivity contribution in [3.8, 4) is 0 Å². The molecule has 1 atom stereocenters. The van der Waals surface area contributed by atoms with Crippen molar-refractivity contribution < 1.29 is 13.9 Å². The zero-order valence-electron chi connectivity index (χ0n) is 8.25. The van der Waals surface area contributed by atoms with Crippen LogP contribution in [0.1, 0.15) is 23.3 Å². The molecular formula is C10H13FN2O2. The highest BCUT2D eigenvalue weighted by molar-refractivity contribution is 5.92. The molecule has 15 heavy (non-hydrogen) atoms. The standard InChI is InChI=1S/C10H13FN2O2/c11-7-4-9(12-5-7)10(14)13-8-2-1-3-15-6-8/h4-5,8,12H,1-3,6H2,(H,13,14)/t8-/m1/s1. The third kappa shape index (κ3) is 2.56. The highest BCUT2D eigenvalue weighted by Crippen LogP contribution is 2.07. The van der Waals surface area contributed by atoms with Gasteiger partial charge in [-0.05, 0) is 12.8 Å². The number of hydrogen-bond acceptors (Lipinski definition) is 2. The third-order valence-electron chi connectivity index (χ3n) is 2.39. The van der Waals surface area contributed by atoms with Crippen molar-refractivity contribution in [1.82, 2.24) is 10.3 Å². The Morgan fingerprint density at radius 3 is 3.13 bits per heavy atom. The molecule has 1 aromatic heterocycles. The van der Waals surface area contributed by atoms with Gasteiger partial charge in [0.05, 0.1) is 12.6 Å². The molecule has 1 amide bonds. The molecule has 2 N–H and O–H groups in total. The molecule has 0 unspecified atom stereocenters. The minimum Gasteiger partial charge on any atom is -0.379 e. The lowest BCUT2D eigenvalue weighted by Gasteiger charge is -2.22. The normalized spacial score (nSPS) is 21.3. The van der Waals surface area contributed by atoms with Gasteiger partial charge in [-0.15, -0.1) is 0 Å². The number of nitrogens with one attached hydrogen (secondary N) is 2. The Kier molecular flexibility index (Phi) is 3.01. The van der Waals surface area contributed by atoms with E-state index in [1.54, 1.807) is 0 Å². The Hall–Kier alpha value is -1.36. The summed E-state index contributed by atoms with van der Waals surface area (Å²) in [5, 5.41) is 2.79. The summed E-state index contributed by atoms with van der Waals surface area (Å²) in [4.78, 5) is 14.1. The zero-order valence-corrected chi connectivity index (χ0v) is 8.25. The van der Waals surface area contributed by atoms with Crippen LogP contribution in [0.2, 0.25) is 0 Å². The smallest absolute Gasteiger partial charge is 0.268 e. The van der Waals surface area contributed by atoms with Crippen molar-refractivity contribution in [1.29, 1.82) is 0 Å². The topological polar surface area (TPSA) is 54.1 Å². The third-order valence-corrected chi connectivity index (χ3v) is 2.39. The van der Waals surface area contributed by atoms with Crippen LogP contribution in [-0.2, 0) is 4.74 Å². The number of carbonyl (C=O) groups is 1. The van der Waals surface area contributed by atoms with E-state index >= 15 is 0 Å². The van der Waals surface area contributed by atoms with E-state index in [-0.39, 0.29) is 17.6 Å². The second-order valence-electron chi connectivity index (χ2n) is 3.62. The van der Waals surface area contributed by atoms with Gasteiger partial charge in [0.2, 0.25) is 0 Å². The highest BCUT2D eigenvalue weighted by Gasteiger charge is 2.17. The lowest BCUT2D eigenvalue weighted by atomic mass is 10.1. The van der Waals surface area contributed by atoms with Crippen molar-refractivity contribution in [3.63, 3.8) is 0 Å². The molecule has 2 heterocycles. The van der Waals surface area contributed by atoms with E-state index in [4.69, 9.17) is 4.74 Å². The number of amides is 1. The summed E-state index contributed by atoms with van der Waals surface area (Å²) in [6, 6.07) is 1.22. The number of halogens is 1. The Bertz CT molecular complexity index is 345. The number of ether oxygens (including phenoxy) is 1. The minimum absolute atomic E-state index is 0.0395. The molecule has 0 radical (unpaired) electrons. The molecule has 1 saturated heterocycles. The van der Waals surface area contributed by atoms with Crippen molar-refractivity contribution in [2.45, 2.75) is 18.9 Å². The van der Waals surface area contributed by atoms with E-state index in [2.05, 4.69) is 10.3 Å². The Balaban J connectivity index is 1.91. The predicted molar refractivity (Wildman–Crippen MR) is 52.1 cm³/mol. The average Bonchev–Trinajstić information content (AvgIpc) is 2.66. The van der Waals surface area contributed by atoms with Gasteiger partial charge in [-0.25, -0.2) is 4.39 Å². The van der Waals surface area contributed by atoms with Gasteiger partial charge in [-0.1, -0.05) is 0 Å². The fourth-order valence-electron chi connectivity index (χ4n) is 1.62. The van der Waals surface area contributed by atoms with Crippen molar-refractivity contribution >= 4 is 5.91 Å². The Morgan fingerprint density at radius 2 is 2.53 bits per heavy atom. The first kappa shape index (κ1) is 10.2. The van der Waals surface area contributed by atoms with Crippen LogP contribution in [-0.4, -0.2) is 30.1 Å². The number of carbonyl (C=O) groups excluding carboxylic acids is 1. The molecule has 1 aliphatic heterocycles. The maximum absolute atomic E-state index is 12.6. The molecule has 4 nitrogen and oxygen atoms in total. The maximum atomic E-state index is 12.6. The number of aromatic amines is 1. The Morgan fingerprint density at radius 1 is 1.67 bits per heavy atom. The predicted octanol–water partition coefficient (Wildman–Crippen LogP) is 1.06. The summed E-state index contributed by atoms with van der Waals surface area (Å²) in [6.07, 6.45) is 3.02. The first-order valence-electron chi connectivity index (χ1n) is 4.98. The molecule has 1 aliphatic rings. The van der Waals surface area contributed by atoms with Crippen LogP contribution in [0.3, 0.4) is 0 Å². The van der Waals surface area contributed by atoms with Gasteiger partial charge in [0.1, 0.15) is 11.5 Å².